The minimum Gasteiger partial charge on any atom is -0.393 e. The van der Waals surface area contributed by atoms with Crippen LogP contribution in [-0.2, 0) is 4.79 Å². The van der Waals surface area contributed by atoms with Gasteiger partial charge in [-0.1, -0.05) is 24.6 Å². The predicted molar refractivity (Wildman–Crippen MR) is 87.0 cm³/mol. The Morgan fingerprint density at radius 1 is 1.22 bits per heavy atom. The standard InChI is InChI=1S/C17H21N3O3/c21-15-7-3-5-12(15)9-18-16(22)10-19-17(23)14-8-11-4-1-2-6-13(11)20-14/h1-2,4,6,8,12,15,20-21H,3,5,7,9-10H2,(H,18,22)(H,19,23). The van der Waals surface area contributed by atoms with Gasteiger partial charge in [0.1, 0.15) is 5.69 Å². The van der Waals surface area contributed by atoms with E-state index in [9.17, 15) is 14.7 Å². The molecule has 1 aliphatic rings. The second-order valence-corrected chi connectivity index (χ2v) is 6.02. The van der Waals surface area contributed by atoms with Gasteiger partial charge >= 0.3 is 0 Å². The molecule has 2 unspecified atom stereocenters. The van der Waals surface area contributed by atoms with E-state index >= 15 is 0 Å². The van der Waals surface area contributed by atoms with E-state index < -0.39 is 0 Å². The van der Waals surface area contributed by atoms with E-state index in [1.54, 1.807) is 6.07 Å². The Morgan fingerprint density at radius 3 is 2.78 bits per heavy atom. The fourth-order valence-electron chi connectivity index (χ4n) is 3.01. The zero-order chi connectivity index (χ0) is 16.2. The maximum atomic E-state index is 12.1. The van der Waals surface area contributed by atoms with Crippen molar-refractivity contribution in [3.05, 3.63) is 36.0 Å². The first-order valence-electron chi connectivity index (χ1n) is 7.94. The molecule has 1 saturated carbocycles. The van der Waals surface area contributed by atoms with E-state index in [-0.39, 0.29) is 30.4 Å². The van der Waals surface area contributed by atoms with Crippen LogP contribution in [0.15, 0.2) is 30.3 Å². The van der Waals surface area contributed by atoms with Crippen LogP contribution in [0, 0.1) is 5.92 Å². The molecule has 1 aliphatic carbocycles. The molecule has 122 valence electrons. The van der Waals surface area contributed by atoms with Crippen molar-refractivity contribution in [1.29, 1.82) is 0 Å². The van der Waals surface area contributed by atoms with Crippen molar-refractivity contribution in [3.63, 3.8) is 0 Å². The molecule has 1 aromatic carbocycles. The number of hydrogen-bond acceptors (Lipinski definition) is 3. The van der Waals surface area contributed by atoms with Crippen LogP contribution in [0.25, 0.3) is 10.9 Å². The number of aliphatic hydroxyl groups excluding tert-OH is 1. The van der Waals surface area contributed by atoms with Gasteiger partial charge in [0.25, 0.3) is 5.91 Å². The van der Waals surface area contributed by atoms with Gasteiger partial charge in [-0.3, -0.25) is 9.59 Å². The summed E-state index contributed by atoms with van der Waals surface area (Å²) in [5.41, 5.74) is 1.32. The molecule has 1 fully saturated rings. The van der Waals surface area contributed by atoms with Crippen LogP contribution in [-0.4, -0.2) is 41.1 Å². The Kier molecular flexibility index (Phi) is 4.62. The van der Waals surface area contributed by atoms with Gasteiger partial charge in [0.15, 0.2) is 0 Å². The minimum absolute atomic E-state index is 0.0724. The van der Waals surface area contributed by atoms with Crippen LogP contribution < -0.4 is 10.6 Å². The van der Waals surface area contributed by atoms with Crippen LogP contribution in [0.5, 0.6) is 0 Å². The summed E-state index contributed by atoms with van der Waals surface area (Å²) in [4.78, 5) is 26.9. The maximum absolute atomic E-state index is 12.1. The summed E-state index contributed by atoms with van der Waals surface area (Å²) in [5, 5.41) is 16.0. The summed E-state index contributed by atoms with van der Waals surface area (Å²) in [6.07, 6.45) is 2.41. The summed E-state index contributed by atoms with van der Waals surface area (Å²) in [7, 11) is 0. The molecule has 1 aromatic heterocycles. The van der Waals surface area contributed by atoms with E-state index in [2.05, 4.69) is 15.6 Å². The average molecular weight is 315 g/mol. The lowest BCUT2D eigenvalue weighted by molar-refractivity contribution is -0.120. The summed E-state index contributed by atoms with van der Waals surface area (Å²) in [6.45, 7) is 0.388. The number of H-pyrrole nitrogens is 1. The minimum atomic E-state index is -0.323. The molecule has 0 bridgehead atoms. The normalized spacial score (nSPS) is 20.6. The van der Waals surface area contributed by atoms with Gasteiger partial charge in [-0.2, -0.15) is 0 Å². The van der Waals surface area contributed by atoms with Crippen molar-refractivity contribution in [1.82, 2.24) is 15.6 Å². The fourth-order valence-corrected chi connectivity index (χ4v) is 3.01. The fraction of sp³-hybridized carbons (Fsp3) is 0.412. The van der Waals surface area contributed by atoms with Crippen molar-refractivity contribution in [2.75, 3.05) is 13.1 Å². The highest BCUT2D eigenvalue weighted by Gasteiger charge is 2.25. The number of aliphatic hydroxyl groups is 1. The lowest BCUT2D eigenvalue weighted by Crippen LogP contribution is -2.40. The van der Waals surface area contributed by atoms with Gasteiger partial charge in [-0.15, -0.1) is 0 Å². The third-order valence-corrected chi connectivity index (χ3v) is 4.36. The number of fused-ring (bicyclic) bond motifs is 1. The number of aromatic amines is 1. The van der Waals surface area contributed by atoms with Gasteiger partial charge in [-0.25, -0.2) is 0 Å². The third-order valence-electron chi connectivity index (χ3n) is 4.36. The van der Waals surface area contributed by atoms with Gasteiger partial charge in [0.2, 0.25) is 5.91 Å². The van der Waals surface area contributed by atoms with Crippen molar-refractivity contribution >= 4 is 22.7 Å². The SMILES string of the molecule is O=C(CNC(=O)c1cc2ccccc2[nH]1)NCC1CCCC1O. The number of rotatable bonds is 5. The number of hydrogen-bond donors (Lipinski definition) is 4. The summed E-state index contributed by atoms with van der Waals surface area (Å²) in [5.74, 6) is -0.422. The van der Waals surface area contributed by atoms with Crippen LogP contribution in [0.3, 0.4) is 0 Å². The third kappa shape index (κ3) is 3.71. The molecule has 0 saturated heterocycles. The quantitative estimate of drug-likeness (QED) is 0.667. The zero-order valence-corrected chi connectivity index (χ0v) is 12.8. The van der Waals surface area contributed by atoms with Crippen molar-refractivity contribution in [2.24, 2.45) is 5.92 Å². The first-order chi connectivity index (χ1) is 11.1. The van der Waals surface area contributed by atoms with Crippen LogP contribution in [0.4, 0.5) is 0 Å². The van der Waals surface area contributed by atoms with E-state index in [1.165, 1.54) is 0 Å². The van der Waals surface area contributed by atoms with E-state index in [0.717, 1.165) is 30.2 Å². The molecule has 0 aliphatic heterocycles. The largest absolute Gasteiger partial charge is 0.393 e. The summed E-state index contributed by atoms with van der Waals surface area (Å²) < 4.78 is 0. The molecule has 0 spiro atoms. The van der Waals surface area contributed by atoms with Crippen molar-refractivity contribution < 1.29 is 14.7 Å². The van der Waals surface area contributed by atoms with Crippen LogP contribution >= 0.6 is 0 Å². The number of nitrogens with one attached hydrogen (secondary N) is 3. The summed E-state index contributed by atoms with van der Waals surface area (Å²) in [6, 6.07) is 9.37. The topological polar surface area (TPSA) is 94.2 Å². The molecule has 1 heterocycles. The molecule has 23 heavy (non-hydrogen) atoms. The zero-order valence-electron chi connectivity index (χ0n) is 12.8. The van der Waals surface area contributed by atoms with Gasteiger partial charge in [0.05, 0.1) is 12.6 Å². The number of carbonyl (C=O) groups is 2. The summed E-state index contributed by atoms with van der Waals surface area (Å²) >= 11 is 0. The number of benzene rings is 1. The molecule has 0 radical (unpaired) electrons. The van der Waals surface area contributed by atoms with Gasteiger partial charge < -0.3 is 20.7 Å². The number of para-hydroxylation sites is 1. The highest BCUT2D eigenvalue weighted by atomic mass is 16.3. The molecule has 2 atom stereocenters. The molecule has 4 N–H and O–H groups in total. The average Bonchev–Trinajstić information content (AvgIpc) is 3.16. The Morgan fingerprint density at radius 2 is 2.04 bits per heavy atom. The van der Waals surface area contributed by atoms with E-state index in [1.807, 2.05) is 24.3 Å². The van der Waals surface area contributed by atoms with Crippen molar-refractivity contribution in [3.8, 4) is 0 Å². The Labute approximate surface area is 134 Å². The van der Waals surface area contributed by atoms with Crippen molar-refractivity contribution in [2.45, 2.75) is 25.4 Å². The number of carbonyl (C=O) groups excluding carboxylic acids is 2. The first-order valence-corrected chi connectivity index (χ1v) is 7.94. The first kappa shape index (κ1) is 15.6. The smallest absolute Gasteiger partial charge is 0.268 e. The Hall–Kier alpha value is -2.34. The predicted octanol–water partition coefficient (Wildman–Crippen LogP) is 1.17. The van der Waals surface area contributed by atoms with Gasteiger partial charge in [-0.05, 0) is 25.0 Å². The number of aromatic nitrogens is 1. The Bertz CT molecular complexity index is 677. The lowest BCUT2D eigenvalue weighted by atomic mass is 10.1. The van der Waals surface area contributed by atoms with Crippen LogP contribution in [0.1, 0.15) is 29.8 Å². The second-order valence-electron chi connectivity index (χ2n) is 6.02. The molecule has 6 nitrogen and oxygen atoms in total. The lowest BCUT2D eigenvalue weighted by Gasteiger charge is -2.15. The van der Waals surface area contributed by atoms with Gasteiger partial charge in [0, 0.05) is 23.4 Å². The molecule has 6 heteroatoms. The second kappa shape index (κ2) is 6.83. The van der Waals surface area contributed by atoms with E-state index in [4.69, 9.17) is 0 Å². The van der Waals surface area contributed by atoms with Crippen LogP contribution in [0.2, 0.25) is 0 Å². The monoisotopic (exact) mass is 315 g/mol. The highest BCUT2D eigenvalue weighted by molar-refractivity contribution is 5.99. The molecular formula is C17H21N3O3. The maximum Gasteiger partial charge on any atom is 0.268 e. The molecular weight excluding hydrogens is 294 g/mol. The van der Waals surface area contributed by atoms with E-state index in [0.29, 0.717) is 12.2 Å². The highest BCUT2D eigenvalue weighted by Crippen LogP contribution is 2.24. The molecule has 2 aromatic rings. The number of amides is 2. The Balaban J connectivity index is 1.47. The molecule has 2 amide bonds. The molecule has 3 rings (SSSR count).